The summed E-state index contributed by atoms with van der Waals surface area (Å²) in [5.74, 6) is -0.0505. The molecule has 6 nitrogen and oxygen atoms in total. The molecule has 18 heavy (non-hydrogen) atoms. The van der Waals surface area contributed by atoms with Gasteiger partial charge in [-0.1, -0.05) is 0 Å². The number of hydrogen-bond donors (Lipinski definition) is 3. The van der Waals surface area contributed by atoms with Gasteiger partial charge in [-0.15, -0.1) is 0 Å². The summed E-state index contributed by atoms with van der Waals surface area (Å²) in [6.07, 6.45) is 2.28. The molecule has 0 unspecified atom stereocenters. The fourth-order valence-electron chi connectivity index (χ4n) is 1.93. The Kier molecular flexibility index (Phi) is 7.19. The summed E-state index contributed by atoms with van der Waals surface area (Å²) in [5, 5.41) is 15.4. The summed E-state index contributed by atoms with van der Waals surface area (Å²) in [7, 11) is 1.64. The average molecular weight is 260 g/mol. The van der Waals surface area contributed by atoms with Crippen LogP contribution in [0.15, 0.2) is 0 Å². The number of nitrogens with one attached hydrogen (secondary N) is 2. The number of aliphatic hydroxyl groups excluding tert-OH is 1. The first-order chi connectivity index (χ1) is 8.72. The standard InChI is InChI=1S/C12H24N2O4/c1-17-6-2-5-13-11(16)9-14-12(10-15)3-7-18-8-4-12/h14-15H,2-10H2,1H3,(H,13,16). The Hall–Kier alpha value is -0.690. The first kappa shape index (κ1) is 15.4. The smallest absolute Gasteiger partial charge is 0.233 e. The number of methoxy groups -OCH3 is 1. The molecule has 1 aliphatic rings. The van der Waals surface area contributed by atoms with E-state index >= 15 is 0 Å². The maximum absolute atomic E-state index is 11.6. The molecule has 1 saturated heterocycles. The molecule has 0 aromatic carbocycles. The zero-order valence-corrected chi connectivity index (χ0v) is 11.0. The largest absolute Gasteiger partial charge is 0.394 e. The third-order valence-corrected chi connectivity index (χ3v) is 3.22. The van der Waals surface area contributed by atoms with Gasteiger partial charge in [-0.3, -0.25) is 4.79 Å². The predicted octanol–water partition coefficient (Wildman–Crippen LogP) is -0.730. The minimum Gasteiger partial charge on any atom is -0.394 e. The second-order valence-corrected chi connectivity index (χ2v) is 4.60. The minimum atomic E-state index is -0.359. The number of hydrogen-bond acceptors (Lipinski definition) is 5. The van der Waals surface area contributed by atoms with Crippen molar-refractivity contribution in [1.29, 1.82) is 0 Å². The summed E-state index contributed by atoms with van der Waals surface area (Å²) in [5.41, 5.74) is -0.359. The van der Waals surface area contributed by atoms with Crippen LogP contribution in [0.4, 0.5) is 0 Å². The lowest BCUT2D eigenvalue weighted by atomic mass is 9.91. The molecule has 0 bridgehead atoms. The number of amides is 1. The van der Waals surface area contributed by atoms with Crippen LogP contribution in [-0.2, 0) is 14.3 Å². The Bertz CT molecular complexity index is 242. The Morgan fingerprint density at radius 3 is 2.78 bits per heavy atom. The van der Waals surface area contributed by atoms with Crippen LogP contribution in [0.25, 0.3) is 0 Å². The van der Waals surface area contributed by atoms with Crippen LogP contribution in [0.2, 0.25) is 0 Å². The van der Waals surface area contributed by atoms with E-state index in [9.17, 15) is 9.90 Å². The lowest BCUT2D eigenvalue weighted by Gasteiger charge is -2.36. The second kappa shape index (κ2) is 8.42. The molecular weight excluding hydrogens is 236 g/mol. The van der Waals surface area contributed by atoms with Gasteiger partial charge < -0.3 is 25.2 Å². The highest BCUT2D eigenvalue weighted by molar-refractivity contribution is 5.78. The molecule has 0 atom stereocenters. The van der Waals surface area contributed by atoms with Gasteiger partial charge in [0.2, 0.25) is 5.91 Å². The Balaban J connectivity index is 2.19. The molecule has 0 radical (unpaired) electrons. The molecule has 1 aliphatic heterocycles. The van der Waals surface area contributed by atoms with E-state index < -0.39 is 0 Å². The third kappa shape index (κ3) is 5.30. The first-order valence-corrected chi connectivity index (χ1v) is 6.42. The second-order valence-electron chi connectivity index (χ2n) is 4.60. The molecule has 1 fully saturated rings. The molecule has 1 heterocycles. The third-order valence-electron chi connectivity index (χ3n) is 3.22. The molecule has 0 saturated carbocycles. The van der Waals surface area contributed by atoms with Crippen LogP contribution < -0.4 is 10.6 Å². The normalized spacial score (nSPS) is 18.6. The van der Waals surface area contributed by atoms with Crippen molar-refractivity contribution < 1.29 is 19.4 Å². The summed E-state index contributed by atoms with van der Waals surface area (Å²) in [6.45, 7) is 2.78. The van der Waals surface area contributed by atoms with Gasteiger partial charge in [0.15, 0.2) is 0 Å². The average Bonchev–Trinajstić information content (AvgIpc) is 2.42. The van der Waals surface area contributed by atoms with Crippen LogP contribution in [0.1, 0.15) is 19.3 Å². The molecule has 106 valence electrons. The van der Waals surface area contributed by atoms with Crippen LogP contribution >= 0.6 is 0 Å². The van der Waals surface area contributed by atoms with Crippen molar-refractivity contribution >= 4 is 5.91 Å². The molecule has 1 amide bonds. The number of ether oxygens (including phenoxy) is 2. The van der Waals surface area contributed by atoms with Crippen molar-refractivity contribution in [3.05, 3.63) is 0 Å². The lowest BCUT2D eigenvalue weighted by Crippen LogP contribution is -2.54. The highest BCUT2D eigenvalue weighted by Crippen LogP contribution is 2.19. The van der Waals surface area contributed by atoms with E-state index in [1.165, 1.54) is 0 Å². The van der Waals surface area contributed by atoms with E-state index in [-0.39, 0.29) is 24.6 Å². The maximum Gasteiger partial charge on any atom is 0.233 e. The summed E-state index contributed by atoms with van der Waals surface area (Å²) < 4.78 is 10.2. The van der Waals surface area contributed by atoms with Gasteiger partial charge in [0, 0.05) is 39.0 Å². The van der Waals surface area contributed by atoms with Gasteiger partial charge in [0.1, 0.15) is 0 Å². The van der Waals surface area contributed by atoms with Gasteiger partial charge >= 0.3 is 0 Å². The van der Waals surface area contributed by atoms with Crippen molar-refractivity contribution in [2.45, 2.75) is 24.8 Å². The quantitative estimate of drug-likeness (QED) is 0.501. The topological polar surface area (TPSA) is 79.8 Å². The Morgan fingerprint density at radius 2 is 2.17 bits per heavy atom. The molecule has 0 aliphatic carbocycles. The monoisotopic (exact) mass is 260 g/mol. The molecule has 0 spiro atoms. The summed E-state index contributed by atoms with van der Waals surface area (Å²) in [6, 6.07) is 0. The summed E-state index contributed by atoms with van der Waals surface area (Å²) >= 11 is 0. The SMILES string of the molecule is COCCCNC(=O)CNC1(CO)CCOCC1. The van der Waals surface area contributed by atoms with Gasteiger partial charge in [0.05, 0.1) is 13.2 Å². The van der Waals surface area contributed by atoms with Gasteiger partial charge in [0.25, 0.3) is 0 Å². The van der Waals surface area contributed by atoms with Crippen LogP contribution in [0, 0.1) is 0 Å². The first-order valence-electron chi connectivity index (χ1n) is 6.42. The van der Waals surface area contributed by atoms with Crippen LogP contribution in [0.3, 0.4) is 0 Å². The number of carbonyl (C=O) groups is 1. The number of aliphatic hydroxyl groups is 1. The van der Waals surface area contributed by atoms with E-state index in [4.69, 9.17) is 9.47 Å². The Labute approximate surface area is 108 Å². The highest BCUT2D eigenvalue weighted by atomic mass is 16.5. The van der Waals surface area contributed by atoms with Crippen molar-refractivity contribution in [2.75, 3.05) is 46.6 Å². The van der Waals surface area contributed by atoms with E-state index in [0.717, 1.165) is 19.3 Å². The molecular formula is C12H24N2O4. The summed E-state index contributed by atoms with van der Waals surface area (Å²) in [4.78, 5) is 11.6. The van der Waals surface area contributed by atoms with Gasteiger partial charge in [-0.2, -0.15) is 0 Å². The van der Waals surface area contributed by atoms with Crippen molar-refractivity contribution in [1.82, 2.24) is 10.6 Å². The predicted molar refractivity (Wildman–Crippen MR) is 67.4 cm³/mol. The van der Waals surface area contributed by atoms with Gasteiger partial charge in [-0.25, -0.2) is 0 Å². The number of rotatable bonds is 8. The van der Waals surface area contributed by atoms with Crippen LogP contribution in [-0.4, -0.2) is 63.2 Å². The zero-order valence-electron chi connectivity index (χ0n) is 11.0. The van der Waals surface area contributed by atoms with E-state index in [2.05, 4.69) is 10.6 Å². The minimum absolute atomic E-state index is 0.0350. The van der Waals surface area contributed by atoms with E-state index in [1.807, 2.05) is 0 Å². The van der Waals surface area contributed by atoms with Crippen LogP contribution in [0.5, 0.6) is 0 Å². The fourth-order valence-corrected chi connectivity index (χ4v) is 1.93. The maximum atomic E-state index is 11.6. The van der Waals surface area contributed by atoms with Gasteiger partial charge in [-0.05, 0) is 19.3 Å². The molecule has 0 aromatic heterocycles. The lowest BCUT2D eigenvalue weighted by molar-refractivity contribution is -0.121. The highest BCUT2D eigenvalue weighted by Gasteiger charge is 2.31. The van der Waals surface area contributed by atoms with Crippen molar-refractivity contribution in [2.24, 2.45) is 0 Å². The van der Waals surface area contributed by atoms with Crippen molar-refractivity contribution in [3.8, 4) is 0 Å². The molecule has 0 aromatic rings. The molecule has 1 rings (SSSR count). The molecule has 6 heteroatoms. The van der Waals surface area contributed by atoms with E-state index in [0.29, 0.717) is 26.4 Å². The number of carbonyl (C=O) groups excluding carboxylic acids is 1. The van der Waals surface area contributed by atoms with E-state index in [1.54, 1.807) is 7.11 Å². The van der Waals surface area contributed by atoms with Crippen molar-refractivity contribution in [3.63, 3.8) is 0 Å². The zero-order chi connectivity index (χ0) is 13.3. The Morgan fingerprint density at radius 1 is 1.44 bits per heavy atom. The fraction of sp³-hybridized carbons (Fsp3) is 0.917. The molecule has 3 N–H and O–H groups in total.